The maximum absolute atomic E-state index is 12.7. The quantitative estimate of drug-likeness (QED) is 0.0957. The number of rotatable bonds is 14. The first-order valence-corrected chi connectivity index (χ1v) is 25.6. The number of allylic oxidation sites excluding steroid dienone is 1. The summed E-state index contributed by atoms with van der Waals surface area (Å²) in [6, 6.07) is 0. The molecule has 0 aromatic carbocycles. The minimum absolute atomic E-state index is 0.0203. The maximum Gasteiger partial charge on any atom is 0.302 e. The van der Waals surface area contributed by atoms with Crippen LogP contribution in [0.1, 0.15) is 106 Å². The first kappa shape index (κ1) is 54.7. The van der Waals surface area contributed by atoms with Crippen molar-refractivity contribution in [2.24, 2.45) is 28.6 Å². The molecule has 8 aliphatic rings. The zero-order valence-corrected chi connectivity index (χ0v) is 42.4. The molecule has 20 nitrogen and oxygen atoms in total. The fourth-order valence-electron chi connectivity index (χ4n) is 14.3. The number of methoxy groups -OCH3 is 3. The van der Waals surface area contributed by atoms with Gasteiger partial charge in [-0.25, -0.2) is 0 Å². The van der Waals surface area contributed by atoms with Crippen molar-refractivity contribution in [2.75, 3.05) is 27.9 Å². The summed E-state index contributed by atoms with van der Waals surface area (Å²) in [7, 11) is 4.57. The molecule has 8 rings (SSSR count). The lowest BCUT2D eigenvalue weighted by Gasteiger charge is -2.63. The van der Waals surface area contributed by atoms with Gasteiger partial charge in [0.2, 0.25) is 0 Å². The Kier molecular flexibility index (Phi) is 16.9. The van der Waals surface area contributed by atoms with Crippen molar-refractivity contribution >= 4 is 5.97 Å². The standard InChI is InChI=1S/C50H82O20/c1-22(52)29-14-16-50(58)30-12-11-27-17-28(13-15-48(27,6)31(30)18-35(49(29,50)7)65-26(5)53)66-36-19-32(59-8)42(23(2)62-36)68-37-20-33(60-9)43(24(3)63-37)69-47-41(57)45(61-10)44(25(4)64-47)70-46-40(56)39(55)38(54)34(21-51)67-46/h11,22-25,28-47,51-52,54-58H,12-21H2,1-10H3/t22-,23-,24-,25-,28+,29-,30-,31+,32+,33+,34-,35-,36+,37+,38-,39+,40-,41-,42-,43-,44-,45-,46+,47+,48+,49+,50+/m1/s1. The molecule has 0 radical (unpaired) electrons. The van der Waals surface area contributed by atoms with Crippen molar-refractivity contribution in [1.29, 1.82) is 0 Å². The van der Waals surface area contributed by atoms with Gasteiger partial charge < -0.3 is 92.6 Å². The minimum Gasteiger partial charge on any atom is -0.462 e. The van der Waals surface area contributed by atoms with Crippen LogP contribution in [0, 0.1) is 28.6 Å². The third-order valence-electron chi connectivity index (χ3n) is 18.2. The van der Waals surface area contributed by atoms with Crippen LogP contribution >= 0.6 is 0 Å². The fraction of sp³-hybridized carbons (Fsp3) is 0.940. The van der Waals surface area contributed by atoms with Gasteiger partial charge in [0.25, 0.3) is 0 Å². The van der Waals surface area contributed by atoms with E-state index in [1.54, 1.807) is 28.1 Å². The van der Waals surface area contributed by atoms with E-state index in [0.29, 0.717) is 32.1 Å². The lowest BCUT2D eigenvalue weighted by Crippen LogP contribution is -2.67. The lowest BCUT2D eigenvalue weighted by atomic mass is 9.44. The number of ether oxygens (including phenoxy) is 12. The van der Waals surface area contributed by atoms with E-state index in [1.165, 1.54) is 19.6 Å². The van der Waals surface area contributed by atoms with Crippen LogP contribution in [0.5, 0.6) is 0 Å². The number of esters is 1. The van der Waals surface area contributed by atoms with Crippen LogP contribution in [0.2, 0.25) is 0 Å². The van der Waals surface area contributed by atoms with Crippen LogP contribution in [-0.2, 0) is 61.6 Å². The fourth-order valence-corrected chi connectivity index (χ4v) is 14.3. The van der Waals surface area contributed by atoms with Gasteiger partial charge >= 0.3 is 5.97 Å². The summed E-state index contributed by atoms with van der Waals surface area (Å²) in [5, 5.41) is 75.8. The third-order valence-corrected chi connectivity index (χ3v) is 18.2. The van der Waals surface area contributed by atoms with Crippen LogP contribution in [-0.4, -0.2) is 204 Å². The van der Waals surface area contributed by atoms with Crippen LogP contribution in [0.4, 0.5) is 0 Å². The highest BCUT2D eigenvalue weighted by Crippen LogP contribution is 2.69. The molecule has 0 amide bonds. The van der Waals surface area contributed by atoms with Crippen LogP contribution < -0.4 is 0 Å². The van der Waals surface area contributed by atoms with Gasteiger partial charge in [0.05, 0.1) is 54.9 Å². The summed E-state index contributed by atoms with van der Waals surface area (Å²) in [5.41, 5.74) is -0.751. The Morgan fingerprint density at radius 1 is 0.729 bits per heavy atom. The summed E-state index contributed by atoms with van der Waals surface area (Å²) in [6.45, 7) is 12.3. The van der Waals surface area contributed by atoms with Crippen molar-refractivity contribution in [1.82, 2.24) is 0 Å². The molecule has 20 heteroatoms. The number of hydrogen-bond acceptors (Lipinski definition) is 20. The predicted octanol–water partition coefficient (Wildman–Crippen LogP) is 1.36. The van der Waals surface area contributed by atoms with Crippen molar-refractivity contribution in [3.8, 4) is 0 Å². The van der Waals surface area contributed by atoms with Crippen molar-refractivity contribution in [2.45, 2.75) is 241 Å². The Labute approximate surface area is 411 Å². The molecule has 70 heavy (non-hydrogen) atoms. The van der Waals surface area contributed by atoms with E-state index in [1.807, 2.05) is 20.8 Å². The minimum atomic E-state index is -1.66. The summed E-state index contributed by atoms with van der Waals surface area (Å²) >= 11 is 0. The highest BCUT2D eigenvalue weighted by atomic mass is 16.8. The SMILES string of the molecule is CO[C@@H]1[C@@H](O)[C@H](O[C@H]2[C@@H](OC)C[C@H](O[C@H]3[C@@H](OC)C[C@H](O[C@H]4CC[C@@]5(C)C(=CC[C@@H]6[C@@H]5C[C@@H](OC(C)=O)[C@]5(C)[C@@H]([C@@H](C)O)CC[C@]65O)C4)O[C@@H]3C)O[C@@H]2C)O[C@H](C)[C@H]1O[C@@H]1O[C@H](CO)[C@@H](O)[C@H](O)[C@H]1O. The first-order valence-electron chi connectivity index (χ1n) is 25.6. The molecule has 27 atom stereocenters. The van der Waals surface area contributed by atoms with E-state index in [4.69, 9.17) is 56.8 Å². The van der Waals surface area contributed by atoms with Crippen LogP contribution in [0.25, 0.3) is 0 Å². The maximum atomic E-state index is 12.7. The van der Waals surface area contributed by atoms with E-state index in [0.717, 1.165) is 19.3 Å². The van der Waals surface area contributed by atoms with Gasteiger partial charge in [0.15, 0.2) is 25.2 Å². The monoisotopic (exact) mass is 1000 g/mol. The molecular weight excluding hydrogens is 921 g/mol. The van der Waals surface area contributed by atoms with E-state index in [2.05, 4.69) is 13.0 Å². The number of carbonyl (C=O) groups is 1. The highest BCUT2D eigenvalue weighted by Gasteiger charge is 2.71. The topological polar surface area (TPSA) is 269 Å². The second-order valence-corrected chi connectivity index (χ2v) is 22.0. The molecule has 0 spiro atoms. The molecule has 7 N–H and O–H groups in total. The van der Waals surface area contributed by atoms with Crippen molar-refractivity contribution < 1.29 is 97.4 Å². The zero-order valence-electron chi connectivity index (χ0n) is 42.4. The molecular formula is C50H82O20. The van der Waals surface area contributed by atoms with Crippen LogP contribution in [0.15, 0.2) is 11.6 Å². The smallest absolute Gasteiger partial charge is 0.302 e. The molecule has 7 fully saturated rings. The Balaban J connectivity index is 0.857. The molecule has 402 valence electrons. The number of fused-ring (bicyclic) bond motifs is 5. The van der Waals surface area contributed by atoms with Gasteiger partial charge in [0, 0.05) is 46.5 Å². The summed E-state index contributed by atoms with van der Waals surface area (Å²) in [5.74, 6) is -0.472. The Morgan fingerprint density at radius 2 is 1.33 bits per heavy atom. The van der Waals surface area contributed by atoms with Gasteiger partial charge in [-0.3, -0.25) is 4.79 Å². The predicted molar refractivity (Wildman–Crippen MR) is 243 cm³/mol. The molecule has 3 saturated carbocycles. The van der Waals surface area contributed by atoms with Crippen LogP contribution in [0.3, 0.4) is 0 Å². The second-order valence-electron chi connectivity index (χ2n) is 22.0. The average Bonchev–Trinajstić information content (AvgIpc) is 3.61. The lowest BCUT2D eigenvalue weighted by molar-refractivity contribution is -0.373. The third kappa shape index (κ3) is 9.81. The molecule has 4 heterocycles. The van der Waals surface area contributed by atoms with Gasteiger partial charge in [-0.05, 0) is 95.8 Å². The van der Waals surface area contributed by atoms with Gasteiger partial charge in [0.1, 0.15) is 61.0 Å². The highest BCUT2D eigenvalue weighted by molar-refractivity contribution is 5.66. The van der Waals surface area contributed by atoms with E-state index in [-0.39, 0.29) is 41.7 Å². The van der Waals surface area contributed by atoms with Gasteiger partial charge in [-0.2, -0.15) is 0 Å². The van der Waals surface area contributed by atoms with Crippen molar-refractivity contribution in [3.05, 3.63) is 11.6 Å². The second kappa shape index (κ2) is 21.6. The first-order chi connectivity index (χ1) is 33.1. The molecule has 4 aliphatic carbocycles. The molecule has 4 saturated heterocycles. The number of hydrogen-bond donors (Lipinski definition) is 7. The molecule has 0 bridgehead atoms. The summed E-state index contributed by atoms with van der Waals surface area (Å²) in [4.78, 5) is 12.5. The molecule has 4 aliphatic heterocycles. The molecule has 0 aromatic rings. The summed E-state index contributed by atoms with van der Waals surface area (Å²) in [6.07, 6.45) is -10.9. The number of carbonyl (C=O) groups excluding carboxylic acids is 1. The van der Waals surface area contributed by atoms with E-state index in [9.17, 15) is 40.5 Å². The summed E-state index contributed by atoms with van der Waals surface area (Å²) < 4.78 is 74.0. The molecule has 0 aromatic heterocycles. The zero-order chi connectivity index (χ0) is 50.8. The number of aliphatic hydroxyl groups excluding tert-OH is 6. The normalized spacial score (nSPS) is 52.2. The Morgan fingerprint density at radius 3 is 1.93 bits per heavy atom. The Hall–Kier alpha value is -1.51. The van der Waals surface area contributed by atoms with Crippen molar-refractivity contribution in [3.63, 3.8) is 0 Å². The largest absolute Gasteiger partial charge is 0.462 e. The average molecular weight is 1000 g/mol. The van der Waals surface area contributed by atoms with Gasteiger partial charge in [-0.1, -0.05) is 25.5 Å². The molecule has 0 unspecified atom stereocenters. The van der Waals surface area contributed by atoms with E-state index < -0.39 is 140 Å². The number of aliphatic hydroxyl groups is 7. The Bertz CT molecular complexity index is 1800. The van der Waals surface area contributed by atoms with Gasteiger partial charge in [-0.15, -0.1) is 0 Å². The van der Waals surface area contributed by atoms with E-state index >= 15 is 0 Å².